The third-order valence-electron chi connectivity index (χ3n) is 3.83. The summed E-state index contributed by atoms with van der Waals surface area (Å²) in [6.07, 6.45) is 2.73. The Labute approximate surface area is 115 Å². The summed E-state index contributed by atoms with van der Waals surface area (Å²) in [4.78, 5) is 13.9. The Morgan fingerprint density at radius 1 is 1.32 bits per heavy atom. The molecule has 3 heteroatoms. The molecule has 1 fully saturated rings. The lowest BCUT2D eigenvalue weighted by Gasteiger charge is -2.34. The van der Waals surface area contributed by atoms with Crippen LogP contribution in [0.5, 0.6) is 0 Å². The molecule has 0 radical (unpaired) electrons. The quantitative estimate of drug-likeness (QED) is 0.780. The second kappa shape index (κ2) is 6.60. The number of anilines is 1. The molecule has 3 nitrogen and oxygen atoms in total. The van der Waals surface area contributed by atoms with E-state index in [1.165, 1.54) is 11.3 Å². The minimum Gasteiger partial charge on any atom is -0.466 e. The smallest absolute Gasteiger partial charge is 0.306 e. The van der Waals surface area contributed by atoms with Crippen molar-refractivity contribution in [3.05, 3.63) is 29.8 Å². The molecule has 0 aromatic heterocycles. The zero-order chi connectivity index (χ0) is 13.7. The first-order valence-corrected chi connectivity index (χ1v) is 7.17. The number of piperidine rings is 1. The van der Waals surface area contributed by atoms with Gasteiger partial charge < -0.3 is 9.64 Å². The van der Waals surface area contributed by atoms with Crippen LogP contribution in [0.25, 0.3) is 0 Å². The van der Waals surface area contributed by atoms with Crippen molar-refractivity contribution in [3.63, 3.8) is 0 Å². The van der Waals surface area contributed by atoms with Crippen LogP contribution in [0.1, 0.15) is 31.7 Å². The number of para-hydroxylation sites is 1. The molecule has 0 saturated carbocycles. The number of rotatable bonds is 4. The lowest BCUT2D eigenvalue weighted by Crippen LogP contribution is -2.34. The minimum absolute atomic E-state index is 0.0446. The Bertz CT molecular complexity index is 423. The van der Waals surface area contributed by atoms with E-state index in [0.717, 1.165) is 25.9 Å². The van der Waals surface area contributed by atoms with Gasteiger partial charge in [0.1, 0.15) is 0 Å². The van der Waals surface area contributed by atoms with Crippen molar-refractivity contribution >= 4 is 11.7 Å². The third kappa shape index (κ3) is 3.72. The number of ether oxygens (including phenoxy) is 1. The fourth-order valence-electron chi connectivity index (χ4n) is 2.75. The zero-order valence-corrected chi connectivity index (χ0v) is 11.9. The molecular weight excluding hydrogens is 238 g/mol. The summed E-state index contributed by atoms with van der Waals surface area (Å²) in [5.41, 5.74) is 2.66. The first kappa shape index (κ1) is 13.9. The van der Waals surface area contributed by atoms with Gasteiger partial charge in [-0.05, 0) is 44.2 Å². The number of carbonyl (C=O) groups excluding carboxylic acids is 1. The van der Waals surface area contributed by atoms with E-state index in [1.807, 2.05) is 6.92 Å². The fraction of sp³-hybridized carbons (Fsp3) is 0.562. The average molecular weight is 261 g/mol. The van der Waals surface area contributed by atoms with Crippen molar-refractivity contribution in [3.8, 4) is 0 Å². The van der Waals surface area contributed by atoms with Crippen molar-refractivity contribution in [2.45, 2.75) is 33.1 Å². The van der Waals surface area contributed by atoms with E-state index in [1.54, 1.807) is 0 Å². The number of benzene rings is 1. The van der Waals surface area contributed by atoms with Crippen LogP contribution in [0.15, 0.2) is 24.3 Å². The number of hydrogen-bond donors (Lipinski definition) is 0. The fourth-order valence-corrected chi connectivity index (χ4v) is 2.75. The van der Waals surface area contributed by atoms with Crippen molar-refractivity contribution in [1.82, 2.24) is 0 Å². The van der Waals surface area contributed by atoms with E-state index in [0.29, 0.717) is 18.9 Å². The monoisotopic (exact) mass is 261 g/mol. The molecular formula is C16H23NO2. The van der Waals surface area contributed by atoms with Crippen LogP contribution in [-0.4, -0.2) is 25.7 Å². The van der Waals surface area contributed by atoms with Gasteiger partial charge in [0.25, 0.3) is 0 Å². The van der Waals surface area contributed by atoms with Gasteiger partial charge >= 0.3 is 5.97 Å². The second-order valence-electron chi connectivity index (χ2n) is 5.23. The maximum absolute atomic E-state index is 11.5. The number of carbonyl (C=O) groups is 1. The molecule has 1 aliphatic heterocycles. The standard InChI is InChI=1S/C16H23NO2/c1-3-19-16(18)12-14-8-10-17(11-9-14)15-7-5-4-6-13(15)2/h4-7,14H,3,8-12H2,1-2H3. The molecule has 1 aromatic carbocycles. The highest BCUT2D eigenvalue weighted by Gasteiger charge is 2.22. The van der Waals surface area contributed by atoms with Gasteiger partial charge in [-0.3, -0.25) is 4.79 Å². The van der Waals surface area contributed by atoms with Crippen LogP contribution in [0.3, 0.4) is 0 Å². The highest BCUT2D eigenvalue weighted by Crippen LogP contribution is 2.27. The van der Waals surface area contributed by atoms with Gasteiger partial charge in [0.15, 0.2) is 0 Å². The van der Waals surface area contributed by atoms with Crippen molar-refractivity contribution in [1.29, 1.82) is 0 Å². The molecule has 1 saturated heterocycles. The molecule has 0 unspecified atom stereocenters. The summed E-state index contributed by atoms with van der Waals surface area (Å²) in [6.45, 7) is 6.57. The van der Waals surface area contributed by atoms with Crippen LogP contribution in [0.2, 0.25) is 0 Å². The van der Waals surface area contributed by atoms with Crippen LogP contribution >= 0.6 is 0 Å². The first-order valence-electron chi connectivity index (χ1n) is 7.17. The number of esters is 1. The molecule has 1 aromatic rings. The van der Waals surface area contributed by atoms with E-state index in [2.05, 4.69) is 36.1 Å². The van der Waals surface area contributed by atoms with Gasteiger partial charge in [0.2, 0.25) is 0 Å². The Hall–Kier alpha value is -1.51. The SMILES string of the molecule is CCOC(=O)CC1CCN(c2ccccc2C)CC1. The van der Waals surface area contributed by atoms with Crippen LogP contribution < -0.4 is 4.90 Å². The molecule has 0 N–H and O–H groups in total. The van der Waals surface area contributed by atoms with Gasteiger partial charge in [-0.2, -0.15) is 0 Å². The molecule has 0 atom stereocenters. The highest BCUT2D eigenvalue weighted by atomic mass is 16.5. The minimum atomic E-state index is -0.0446. The molecule has 104 valence electrons. The van der Waals surface area contributed by atoms with E-state index < -0.39 is 0 Å². The lowest BCUT2D eigenvalue weighted by molar-refractivity contribution is -0.144. The summed E-state index contributed by atoms with van der Waals surface area (Å²) in [5, 5.41) is 0. The van der Waals surface area contributed by atoms with Crippen LogP contribution in [-0.2, 0) is 9.53 Å². The highest BCUT2D eigenvalue weighted by molar-refractivity contribution is 5.69. The summed E-state index contributed by atoms with van der Waals surface area (Å²) < 4.78 is 5.02. The molecule has 0 bridgehead atoms. The molecule has 2 rings (SSSR count). The lowest BCUT2D eigenvalue weighted by atomic mass is 9.93. The van der Waals surface area contributed by atoms with Gasteiger partial charge in [-0.1, -0.05) is 18.2 Å². The molecule has 0 aliphatic carbocycles. The summed E-state index contributed by atoms with van der Waals surface area (Å²) in [7, 11) is 0. The Kier molecular flexibility index (Phi) is 4.83. The summed E-state index contributed by atoms with van der Waals surface area (Å²) in [5.74, 6) is 0.441. The van der Waals surface area contributed by atoms with Crippen molar-refractivity contribution < 1.29 is 9.53 Å². The number of aryl methyl sites for hydroxylation is 1. The van der Waals surface area contributed by atoms with E-state index in [4.69, 9.17) is 4.74 Å². The normalized spacial score (nSPS) is 16.4. The number of hydrogen-bond acceptors (Lipinski definition) is 3. The summed E-state index contributed by atoms with van der Waals surface area (Å²) in [6, 6.07) is 8.50. The van der Waals surface area contributed by atoms with Gasteiger partial charge in [-0.25, -0.2) is 0 Å². The van der Waals surface area contributed by atoms with Crippen molar-refractivity contribution in [2.75, 3.05) is 24.6 Å². The van der Waals surface area contributed by atoms with E-state index >= 15 is 0 Å². The maximum Gasteiger partial charge on any atom is 0.306 e. The second-order valence-corrected chi connectivity index (χ2v) is 5.23. The molecule has 19 heavy (non-hydrogen) atoms. The van der Waals surface area contributed by atoms with Gasteiger partial charge in [-0.15, -0.1) is 0 Å². The third-order valence-corrected chi connectivity index (χ3v) is 3.83. The van der Waals surface area contributed by atoms with Crippen LogP contribution in [0.4, 0.5) is 5.69 Å². The Morgan fingerprint density at radius 2 is 2.00 bits per heavy atom. The predicted octanol–water partition coefficient (Wildman–Crippen LogP) is 3.16. The molecule has 0 amide bonds. The van der Waals surface area contributed by atoms with Gasteiger partial charge in [0.05, 0.1) is 6.61 Å². The number of nitrogens with zero attached hydrogens (tertiary/aromatic N) is 1. The van der Waals surface area contributed by atoms with E-state index in [9.17, 15) is 4.79 Å². The Morgan fingerprint density at radius 3 is 2.63 bits per heavy atom. The van der Waals surface area contributed by atoms with Gasteiger partial charge in [0, 0.05) is 25.2 Å². The Balaban J connectivity index is 1.86. The average Bonchev–Trinajstić information content (AvgIpc) is 2.41. The molecule has 1 aliphatic rings. The van der Waals surface area contributed by atoms with Crippen molar-refractivity contribution in [2.24, 2.45) is 5.92 Å². The molecule has 1 heterocycles. The molecule has 0 spiro atoms. The first-order chi connectivity index (χ1) is 9.20. The van der Waals surface area contributed by atoms with E-state index in [-0.39, 0.29) is 5.97 Å². The topological polar surface area (TPSA) is 29.5 Å². The zero-order valence-electron chi connectivity index (χ0n) is 11.9. The maximum atomic E-state index is 11.5. The summed E-state index contributed by atoms with van der Waals surface area (Å²) >= 11 is 0. The largest absolute Gasteiger partial charge is 0.466 e. The van der Waals surface area contributed by atoms with Crippen LogP contribution in [0, 0.1) is 12.8 Å². The predicted molar refractivity (Wildman–Crippen MR) is 77.4 cm³/mol.